The molecule has 0 N–H and O–H groups in total. The Morgan fingerprint density at radius 2 is 2.00 bits per heavy atom. The quantitative estimate of drug-likeness (QED) is 0.413. The molecule has 0 amide bonds. The van der Waals surface area contributed by atoms with Gasteiger partial charge < -0.3 is 4.74 Å². The molecule has 7 nitrogen and oxygen atoms in total. The number of carbonyl (C=O) groups excluding carboxylic acids is 1. The van der Waals surface area contributed by atoms with Crippen molar-refractivity contribution in [2.75, 3.05) is 18.1 Å². The summed E-state index contributed by atoms with van der Waals surface area (Å²) in [7, 11) is -3.17. The number of rotatable bonds is 8. The number of non-ortho nitro benzene ring substituents is 1. The van der Waals surface area contributed by atoms with Crippen molar-refractivity contribution in [3.8, 4) is 5.75 Å². The third-order valence-electron chi connectivity index (χ3n) is 2.72. The summed E-state index contributed by atoms with van der Waals surface area (Å²) in [6.07, 6.45) is 0.526. The molecule has 0 bridgehead atoms. The standard InChI is InChI=1S/C13H17NO6S/c1-3-7-21(18,19)8-6-20-13-5-4-11(14(16)17)9-12(13)10(2)15/h4-5,9H,3,6-8H2,1-2H3. The molecule has 0 fully saturated rings. The Labute approximate surface area is 123 Å². The summed E-state index contributed by atoms with van der Waals surface area (Å²) in [5.74, 6) is -0.310. The van der Waals surface area contributed by atoms with Crippen LogP contribution >= 0.6 is 0 Å². The smallest absolute Gasteiger partial charge is 0.270 e. The Kier molecular flexibility index (Phi) is 5.83. The molecule has 0 aromatic heterocycles. The van der Waals surface area contributed by atoms with Crippen LogP contribution in [0.3, 0.4) is 0 Å². The highest BCUT2D eigenvalue weighted by atomic mass is 32.2. The van der Waals surface area contributed by atoms with Gasteiger partial charge in [0.2, 0.25) is 0 Å². The zero-order valence-electron chi connectivity index (χ0n) is 11.9. The number of carbonyl (C=O) groups is 1. The van der Waals surface area contributed by atoms with E-state index in [1.54, 1.807) is 6.92 Å². The molecule has 0 aliphatic rings. The lowest BCUT2D eigenvalue weighted by Crippen LogP contribution is -2.17. The van der Waals surface area contributed by atoms with Crippen LogP contribution in [0.4, 0.5) is 5.69 Å². The maximum atomic E-state index is 11.5. The van der Waals surface area contributed by atoms with Crippen molar-refractivity contribution in [2.24, 2.45) is 0 Å². The van der Waals surface area contributed by atoms with Crippen LogP contribution in [0.25, 0.3) is 0 Å². The van der Waals surface area contributed by atoms with Crippen LogP contribution < -0.4 is 4.74 Å². The summed E-state index contributed by atoms with van der Waals surface area (Å²) in [6.45, 7) is 2.93. The minimum atomic E-state index is -3.17. The van der Waals surface area contributed by atoms with Crippen molar-refractivity contribution in [1.29, 1.82) is 0 Å². The van der Waals surface area contributed by atoms with E-state index in [4.69, 9.17) is 4.74 Å². The first-order chi connectivity index (χ1) is 9.76. The first-order valence-electron chi connectivity index (χ1n) is 6.39. The predicted molar refractivity (Wildman–Crippen MR) is 77.5 cm³/mol. The highest BCUT2D eigenvalue weighted by Crippen LogP contribution is 2.24. The molecule has 1 aromatic carbocycles. The van der Waals surface area contributed by atoms with E-state index in [-0.39, 0.29) is 40.9 Å². The fourth-order valence-corrected chi connectivity index (χ4v) is 2.89. The second kappa shape index (κ2) is 7.16. The van der Waals surface area contributed by atoms with Crippen molar-refractivity contribution in [3.05, 3.63) is 33.9 Å². The molecule has 0 aliphatic carbocycles. The molecule has 0 radical (unpaired) electrons. The van der Waals surface area contributed by atoms with E-state index in [2.05, 4.69) is 0 Å². The van der Waals surface area contributed by atoms with Gasteiger partial charge in [0.25, 0.3) is 5.69 Å². The van der Waals surface area contributed by atoms with E-state index in [1.807, 2.05) is 0 Å². The number of nitro benzene ring substituents is 1. The van der Waals surface area contributed by atoms with Gasteiger partial charge in [-0.2, -0.15) is 0 Å². The monoisotopic (exact) mass is 315 g/mol. The molecular formula is C13H17NO6S. The Balaban J connectivity index is 2.84. The largest absolute Gasteiger partial charge is 0.492 e. The molecule has 0 atom stereocenters. The molecule has 116 valence electrons. The summed E-state index contributed by atoms with van der Waals surface area (Å²) in [5, 5.41) is 10.7. The predicted octanol–water partition coefficient (Wildman–Crippen LogP) is 2.00. The molecule has 8 heteroatoms. The van der Waals surface area contributed by atoms with Gasteiger partial charge in [-0.3, -0.25) is 14.9 Å². The average molecular weight is 315 g/mol. The Morgan fingerprint density at radius 1 is 1.33 bits per heavy atom. The van der Waals surface area contributed by atoms with Crippen molar-refractivity contribution < 1.29 is 22.9 Å². The van der Waals surface area contributed by atoms with Gasteiger partial charge in [-0.25, -0.2) is 8.42 Å². The van der Waals surface area contributed by atoms with Crippen LogP contribution in [0.5, 0.6) is 5.75 Å². The lowest BCUT2D eigenvalue weighted by atomic mass is 10.1. The topological polar surface area (TPSA) is 104 Å². The van der Waals surface area contributed by atoms with Crippen LogP contribution in [-0.2, 0) is 9.84 Å². The fourth-order valence-electron chi connectivity index (χ4n) is 1.72. The van der Waals surface area contributed by atoms with Gasteiger partial charge in [-0.05, 0) is 19.4 Å². The minimum Gasteiger partial charge on any atom is -0.492 e. The Hall–Kier alpha value is -1.96. The molecule has 1 rings (SSSR count). The van der Waals surface area contributed by atoms with Gasteiger partial charge in [-0.15, -0.1) is 0 Å². The van der Waals surface area contributed by atoms with Gasteiger partial charge in [0.1, 0.15) is 12.4 Å². The van der Waals surface area contributed by atoms with Crippen molar-refractivity contribution >= 4 is 21.3 Å². The normalized spacial score (nSPS) is 11.1. The number of Topliss-reactive ketones (excluding diaryl/α,β-unsaturated/α-hetero) is 1. The SMILES string of the molecule is CCCS(=O)(=O)CCOc1ccc([N+](=O)[O-])cc1C(C)=O. The van der Waals surface area contributed by atoms with E-state index >= 15 is 0 Å². The summed E-state index contributed by atoms with van der Waals surface area (Å²) in [6, 6.07) is 3.64. The number of ether oxygens (including phenoxy) is 1. The highest BCUT2D eigenvalue weighted by Gasteiger charge is 2.16. The van der Waals surface area contributed by atoms with Crippen LogP contribution in [0, 0.1) is 10.1 Å². The number of ketones is 1. The van der Waals surface area contributed by atoms with E-state index in [0.29, 0.717) is 6.42 Å². The van der Waals surface area contributed by atoms with Crippen molar-refractivity contribution in [3.63, 3.8) is 0 Å². The van der Waals surface area contributed by atoms with E-state index in [9.17, 15) is 23.3 Å². The Bertz CT molecular complexity index is 638. The zero-order chi connectivity index (χ0) is 16.0. The molecule has 0 aliphatic heterocycles. The molecule has 0 spiro atoms. The minimum absolute atomic E-state index is 0.0667. The number of nitrogens with zero attached hydrogens (tertiary/aromatic N) is 1. The number of hydrogen-bond donors (Lipinski definition) is 0. The first-order valence-corrected chi connectivity index (χ1v) is 8.21. The van der Waals surface area contributed by atoms with Crippen LogP contribution in [0.15, 0.2) is 18.2 Å². The molecule has 0 saturated heterocycles. The van der Waals surface area contributed by atoms with E-state index < -0.39 is 14.8 Å². The summed E-state index contributed by atoms with van der Waals surface area (Å²) < 4.78 is 28.4. The number of benzene rings is 1. The summed E-state index contributed by atoms with van der Waals surface area (Å²) in [4.78, 5) is 21.6. The van der Waals surface area contributed by atoms with Gasteiger partial charge in [-0.1, -0.05) is 6.92 Å². The van der Waals surface area contributed by atoms with Gasteiger partial charge in [0.15, 0.2) is 15.6 Å². The Morgan fingerprint density at radius 3 is 2.52 bits per heavy atom. The third-order valence-corrected chi connectivity index (χ3v) is 4.54. The van der Waals surface area contributed by atoms with Gasteiger partial charge >= 0.3 is 0 Å². The average Bonchev–Trinajstić information content (AvgIpc) is 2.38. The lowest BCUT2D eigenvalue weighted by molar-refractivity contribution is -0.384. The molecule has 0 heterocycles. The van der Waals surface area contributed by atoms with Crippen LogP contribution in [0.1, 0.15) is 30.6 Å². The first kappa shape index (κ1) is 17.1. The van der Waals surface area contributed by atoms with Crippen molar-refractivity contribution in [2.45, 2.75) is 20.3 Å². The maximum absolute atomic E-state index is 11.5. The molecule has 0 saturated carbocycles. The zero-order valence-corrected chi connectivity index (χ0v) is 12.7. The second-order valence-electron chi connectivity index (χ2n) is 4.49. The fraction of sp³-hybridized carbons (Fsp3) is 0.462. The molecule has 21 heavy (non-hydrogen) atoms. The molecule has 0 unspecified atom stereocenters. The third kappa shape index (κ3) is 5.14. The van der Waals surface area contributed by atoms with Crippen molar-refractivity contribution in [1.82, 2.24) is 0 Å². The van der Waals surface area contributed by atoms with Gasteiger partial charge in [0.05, 0.1) is 22.0 Å². The van der Waals surface area contributed by atoms with E-state index in [0.717, 1.165) is 6.07 Å². The summed E-state index contributed by atoms with van der Waals surface area (Å²) >= 11 is 0. The number of sulfone groups is 1. The number of nitro groups is 1. The second-order valence-corrected chi connectivity index (χ2v) is 6.80. The maximum Gasteiger partial charge on any atom is 0.270 e. The van der Waals surface area contributed by atoms with Crippen LogP contribution in [-0.4, -0.2) is 37.2 Å². The summed E-state index contributed by atoms with van der Waals surface area (Å²) in [5.41, 5.74) is -0.150. The van der Waals surface area contributed by atoms with E-state index in [1.165, 1.54) is 19.1 Å². The van der Waals surface area contributed by atoms with Gasteiger partial charge in [0, 0.05) is 12.1 Å². The van der Waals surface area contributed by atoms with Crippen LogP contribution in [0.2, 0.25) is 0 Å². The number of hydrogen-bond acceptors (Lipinski definition) is 6. The lowest BCUT2D eigenvalue weighted by Gasteiger charge is -2.09. The molecule has 1 aromatic rings. The molecular weight excluding hydrogens is 298 g/mol. The highest BCUT2D eigenvalue weighted by molar-refractivity contribution is 7.91.